The Bertz CT molecular complexity index is 1310. The molecule has 0 atom stereocenters. The van der Waals surface area contributed by atoms with Gasteiger partial charge >= 0.3 is 59.1 Å². The van der Waals surface area contributed by atoms with Crippen molar-refractivity contribution in [1.29, 1.82) is 0 Å². The van der Waals surface area contributed by atoms with Gasteiger partial charge in [-0.2, -0.15) is 0 Å². The van der Waals surface area contributed by atoms with Crippen LogP contribution in [0, 0.1) is 0 Å². The van der Waals surface area contributed by atoms with Gasteiger partial charge in [-0.25, -0.2) is 16.8 Å². The molecule has 0 amide bonds. The van der Waals surface area contributed by atoms with E-state index in [1.54, 1.807) is 12.1 Å². The Hall–Kier alpha value is -0.360. The summed E-state index contributed by atoms with van der Waals surface area (Å²) in [5.41, 5.74) is 1.06. The van der Waals surface area contributed by atoms with Crippen LogP contribution in [0.25, 0.3) is 0 Å². The zero-order valence-corrected chi connectivity index (χ0v) is 28.2. The number of thiocarbonyl (C=S) groups is 2. The quantitative estimate of drug-likeness (QED) is 0.124. The average Bonchev–Trinajstić information content (AvgIpc) is 3.69. The predicted octanol–water partition coefficient (Wildman–Crippen LogP) is -3.81. The molecule has 2 aliphatic carbocycles. The minimum absolute atomic E-state index is 0. The molecule has 4 N–H and O–H groups in total. The summed E-state index contributed by atoms with van der Waals surface area (Å²) < 4.78 is 71.6. The molecule has 16 heteroatoms. The summed E-state index contributed by atoms with van der Waals surface area (Å²) in [7, 11) is -9.67. The molecule has 2 fully saturated rings. The van der Waals surface area contributed by atoms with Crippen LogP contribution in [0.1, 0.15) is 36.8 Å². The molecule has 10 nitrogen and oxygen atoms in total. The standard InChI is InChI=1S/C22H26N4O6S4.2Na/c27-35(28,29)19-11-17(25-21(33)23-15-7-8-15)5-3-13(19)1-2-14-4-6-18(12-20(14)36(30,31)32)26-22(34)24-16-9-10-16;;/h3-6,11-12,15-16H,1-2,7-10H2,(H2,23,25,33)(H2,24,26,34)(H,27,28,29)(H,30,31,32);;/q;2*+1/p-2. The molecule has 0 aliphatic heterocycles. The van der Waals surface area contributed by atoms with Gasteiger partial charge in [0.25, 0.3) is 0 Å². The van der Waals surface area contributed by atoms with Gasteiger partial charge in [-0.3, -0.25) is 0 Å². The number of hydrogen-bond acceptors (Lipinski definition) is 8. The van der Waals surface area contributed by atoms with Gasteiger partial charge < -0.3 is 30.4 Å². The zero-order valence-electron chi connectivity index (χ0n) is 20.9. The van der Waals surface area contributed by atoms with E-state index in [4.69, 9.17) is 24.4 Å². The molecule has 0 aromatic heterocycles. The smallest absolute Gasteiger partial charge is 0.744 e. The summed E-state index contributed by atoms with van der Waals surface area (Å²) in [6.45, 7) is 0. The third-order valence-electron chi connectivity index (χ3n) is 5.68. The number of aryl methyl sites for hydroxylation is 2. The van der Waals surface area contributed by atoms with Crippen molar-refractivity contribution in [2.45, 2.75) is 60.4 Å². The minimum Gasteiger partial charge on any atom is -0.744 e. The molecule has 0 heterocycles. The first-order chi connectivity index (χ1) is 16.9. The maximum Gasteiger partial charge on any atom is 1.00 e. The maximum atomic E-state index is 11.9. The summed E-state index contributed by atoms with van der Waals surface area (Å²) >= 11 is 10.4. The van der Waals surface area contributed by atoms with Gasteiger partial charge in [0.15, 0.2) is 10.2 Å². The van der Waals surface area contributed by atoms with Crippen molar-refractivity contribution in [3.63, 3.8) is 0 Å². The largest absolute Gasteiger partial charge is 1.00 e. The van der Waals surface area contributed by atoms with Crippen LogP contribution in [0.15, 0.2) is 46.2 Å². The number of hydrogen-bond donors (Lipinski definition) is 4. The van der Waals surface area contributed by atoms with Crippen molar-refractivity contribution < 1.29 is 85.1 Å². The van der Waals surface area contributed by atoms with Crippen molar-refractivity contribution in [2.24, 2.45) is 0 Å². The Labute approximate surface area is 277 Å². The first-order valence-electron chi connectivity index (χ1n) is 11.2. The van der Waals surface area contributed by atoms with Gasteiger partial charge in [-0.05, 0) is 98.4 Å². The third-order valence-corrected chi connectivity index (χ3v) is 7.95. The monoisotopic (exact) mass is 614 g/mol. The van der Waals surface area contributed by atoms with Crippen molar-refractivity contribution in [1.82, 2.24) is 10.6 Å². The van der Waals surface area contributed by atoms with Gasteiger partial charge in [0, 0.05) is 23.5 Å². The molecular formula is C22H24N4Na2O6S4. The fourth-order valence-corrected chi connectivity index (χ4v) is 5.67. The second kappa shape index (κ2) is 14.0. The van der Waals surface area contributed by atoms with Crippen molar-refractivity contribution in [2.75, 3.05) is 10.6 Å². The Morgan fingerprint density at radius 1 is 0.711 bits per heavy atom. The van der Waals surface area contributed by atoms with Crippen molar-refractivity contribution >= 4 is 66.3 Å². The molecule has 0 bridgehead atoms. The summed E-state index contributed by atoms with van der Waals surface area (Å²) in [5, 5.41) is 12.5. The number of benzene rings is 2. The molecule has 2 aliphatic rings. The van der Waals surface area contributed by atoms with E-state index in [-0.39, 0.29) is 83.1 Å². The molecule has 2 saturated carbocycles. The molecular weight excluding hydrogens is 591 g/mol. The SMILES string of the molecule is O=S(=O)([O-])c1cc(NC(=S)NC2CC2)ccc1CCc1ccc(NC(=S)NC2CC2)cc1S(=O)(=O)[O-].[Na+].[Na+]. The fraction of sp³-hybridized carbons (Fsp3) is 0.364. The average molecular weight is 615 g/mol. The second-order valence-corrected chi connectivity index (χ2v) is 12.3. The topological polar surface area (TPSA) is 163 Å². The Balaban J connectivity index is 0.00000253. The van der Waals surface area contributed by atoms with Crippen LogP contribution in [0.2, 0.25) is 0 Å². The third kappa shape index (κ3) is 10.2. The van der Waals surface area contributed by atoms with E-state index in [0.717, 1.165) is 25.7 Å². The molecule has 2 aromatic rings. The van der Waals surface area contributed by atoms with E-state index in [0.29, 0.717) is 33.7 Å². The second-order valence-electron chi connectivity index (χ2n) is 8.80. The Morgan fingerprint density at radius 2 is 1.05 bits per heavy atom. The number of nitrogens with one attached hydrogen (secondary N) is 4. The molecule has 194 valence electrons. The summed E-state index contributed by atoms with van der Waals surface area (Å²) in [4.78, 5) is -0.883. The molecule has 0 unspecified atom stereocenters. The molecule has 0 radical (unpaired) electrons. The van der Waals surface area contributed by atoms with E-state index >= 15 is 0 Å². The number of rotatable bonds is 9. The van der Waals surface area contributed by atoms with E-state index in [1.807, 2.05) is 0 Å². The zero-order chi connectivity index (χ0) is 26.1. The van der Waals surface area contributed by atoms with E-state index < -0.39 is 30.0 Å². The van der Waals surface area contributed by atoms with Gasteiger partial charge in [-0.15, -0.1) is 0 Å². The molecule has 0 saturated heterocycles. The van der Waals surface area contributed by atoms with Crippen LogP contribution in [0.4, 0.5) is 11.4 Å². The van der Waals surface area contributed by atoms with Crippen molar-refractivity contribution in [3.05, 3.63) is 47.5 Å². The molecule has 4 rings (SSSR count). The van der Waals surface area contributed by atoms with Gasteiger partial charge in [-0.1, -0.05) is 12.1 Å². The van der Waals surface area contributed by atoms with Crippen LogP contribution in [0.3, 0.4) is 0 Å². The maximum absolute atomic E-state index is 11.9. The summed E-state index contributed by atoms with van der Waals surface area (Å²) in [6.07, 6.45) is 4.04. The molecule has 2 aromatic carbocycles. The summed E-state index contributed by atoms with van der Waals surface area (Å²) in [5.74, 6) is 0. The van der Waals surface area contributed by atoms with Gasteiger partial charge in [0.1, 0.15) is 20.2 Å². The van der Waals surface area contributed by atoms with Crippen LogP contribution in [-0.4, -0.2) is 48.2 Å². The van der Waals surface area contributed by atoms with Gasteiger partial charge in [0.05, 0.1) is 9.79 Å². The first-order valence-corrected chi connectivity index (χ1v) is 14.8. The van der Waals surface area contributed by atoms with E-state index in [1.165, 1.54) is 24.3 Å². The predicted molar refractivity (Wildman–Crippen MR) is 141 cm³/mol. The Kier molecular flexibility index (Phi) is 12.5. The van der Waals surface area contributed by atoms with E-state index in [9.17, 15) is 25.9 Å². The fourth-order valence-electron chi connectivity index (χ4n) is 3.57. The van der Waals surface area contributed by atoms with Crippen LogP contribution < -0.4 is 80.4 Å². The van der Waals surface area contributed by atoms with Crippen LogP contribution in [0.5, 0.6) is 0 Å². The molecule has 0 spiro atoms. The van der Waals surface area contributed by atoms with Crippen molar-refractivity contribution in [3.8, 4) is 0 Å². The van der Waals surface area contributed by atoms with Crippen LogP contribution >= 0.6 is 24.4 Å². The summed E-state index contributed by atoms with van der Waals surface area (Å²) in [6, 6.07) is 9.09. The Morgan fingerprint density at radius 3 is 1.34 bits per heavy atom. The normalized spacial score (nSPS) is 14.9. The van der Waals surface area contributed by atoms with Gasteiger partial charge in [0.2, 0.25) is 0 Å². The van der Waals surface area contributed by atoms with Crippen LogP contribution in [-0.2, 0) is 33.1 Å². The molecule has 38 heavy (non-hydrogen) atoms. The minimum atomic E-state index is -4.84. The first kappa shape index (κ1) is 33.8. The number of anilines is 2. The van der Waals surface area contributed by atoms with E-state index in [2.05, 4.69) is 21.3 Å².